The van der Waals surface area contributed by atoms with Crippen molar-refractivity contribution >= 4 is 23.5 Å². The second kappa shape index (κ2) is 13.1. The summed E-state index contributed by atoms with van der Waals surface area (Å²) in [4.78, 5) is 24.0. The predicted molar refractivity (Wildman–Crippen MR) is 131 cm³/mol. The van der Waals surface area contributed by atoms with Crippen LogP contribution in [0.3, 0.4) is 0 Å². The van der Waals surface area contributed by atoms with Crippen LogP contribution in [0.15, 0.2) is 54.6 Å². The molecule has 188 valence electrons. The Morgan fingerprint density at radius 1 is 1.03 bits per heavy atom. The summed E-state index contributed by atoms with van der Waals surface area (Å²) in [6.45, 7) is 0.701. The molecule has 0 radical (unpaired) electrons. The van der Waals surface area contributed by atoms with Crippen molar-refractivity contribution < 1.29 is 63.2 Å². The van der Waals surface area contributed by atoms with Gasteiger partial charge in [-0.2, -0.15) is 0 Å². The summed E-state index contributed by atoms with van der Waals surface area (Å²) in [6.07, 6.45) is 0.932. The minimum absolute atomic E-state index is 0. The fraction of sp³-hybridized carbons (Fsp3) is 0.259. The Morgan fingerprint density at radius 2 is 1.70 bits per heavy atom. The van der Waals surface area contributed by atoms with Crippen molar-refractivity contribution in [3.05, 3.63) is 76.3 Å². The van der Waals surface area contributed by atoms with E-state index in [1.165, 1.54) is 6.07 Å². The molecule has 4 rings (SSSR count). The summed E-state index contributed by atoms with van der Waals surface area (Å²) in [5, 5.41) is 14.5. The van der Waals surface area contributed by atoms with Gasteiger partial charge in [0.25, 0.3) is 5.91 Å². The Morgan fingerprint density at radius 3 is 2.32 bits per heavy atom. The molecule has 1 heterocycles. The minimum Gasteiger partial charge on any atom is -0.549 e. The Labute approximate surface area is 242 Å². The Balaban J connectivity index is 0.00000380. The molecule has 8 nitrogen and oxygen atoms in total. The van der Waals surface area contributed by atoms with Crippen molar-refractivity contribution in [2.24, 2.45) is 0 Å². The van der Waals surface area contributed by atoms with Gasteiger partial charge in [-0.15, -0.1) is 0 Å². The van der Waals surface area contributed by atoms with E-state index in [9.17, 15) is 14.7 Å². The number of nitrogens with one attached hydrogen (secondary N) is 1. The van der Waals surface area contributed by atoms with E-state index in [1.54, 1.807) is 50.6 Å². The van der Waals surface area contributed by atoms with Crippen LogP contribution in [0.5, 0.6) is 28.7 Å². The molecule has 3 aromatic rings. The third kappa shape index (κ3) is 7.11. The van der Waals surface area contributed by atoms with Gasteiger partial charge in [-0.25, -0.2) is 0 Å². The number of methoxy groups -OCH3 is 2. The number of halogens is 1. The SMILES string of the molecule is COc1cc(CCNC(=O)c2ccc(Oc3cc4c(cc3Cl)C(C(=O)[O-])CCO4)cc2)cc(OC)c1.[Na+]. The van der Waals surface area contributed by atoms with Crippen LogP contribution in [-0.2, 0) is 11.2 Å². The van der Waals surface area contributed by atoms with Gasteiger partial charge >= 0.3 is 29.6 Å². The summed E-state index contributed by atoms with van der Waals surface area (Å²) in [5.74, 6) is 0.408. The number of carbonyl (C=O) groups is 2. The van der Waals surface area contributed by atoms with Crippen LogP contribution in [0.4, 0.5) is 0 Å². The zero-order valence-corrected chi connectivity index (χ0v) is 23.6. The Kier molecular flexibility index (Phi) is 10.1. The molecule has 1 aliphatic heterocycles. The van der Waals surface area contributed by atoms with Crippen LogP contribution in [0.2, 0.25) is 5.02 Å². The average Bonchev–Trinajstić information content (AvgIpc) is 2.88. The number of ether oxygens (including phenoxy) is 4. The molecule has 0 fully saturated rings. The fourth-order valence-electron chi connectivity index (χ4n) is 3.95. The van der Waals surface area contributed by atoms with E-state index in [1.807, 2.05) is 12.1 Å². The van der Waals surface area contributed by atoms with E-state index >= 15 is 0 Å². The van der Waals surface area contributed by atoms with Crippen LogP contribution in [0.1, 0.15) is 33.8 Å². The van der Waals surface area contributed by atoms with Crippen molar-refractivity contribution in [1.29, 1.82) is 0 Å². The molecule has 1 N–H and O–H groups in total. The molecule has 0 spiro atoms. The van der Waals surface area contributed by atoms with E-state index in [-0.39, 0.29) is 47.1 Å². The van der Waals surface area contributed by atoms with Crippen LogP contribution in [0, 0.1) is 0 Å². The Bertz CT molecular complexity index is 1240. The maximum Gasteiger partial charge on any atom is 1.00 e. The van der Waals surface area contributed by atoms with Crippen LogP contribution in [-0.4, -0.2) is 39.2 Å². The first-order valence-electron chi connectivity index (χ1n) is 11.3. The van der Waals surface area contributed by atoms with Gasteiger partial charge in [0.05, 0.1) is 25.8 Å². The summed E-state index contributed by atoms with van der Waals surface area (Å²) < 4.78 is 22.0. The zero-order chi connectivity index (χ0) is 25.7. The zero-order valence-electron chi connectivity index (χ0n) is 20.8. The van der Waals surface area contributed by atoms with Crippen molar-refractivity contribution in [1.82, 2.24) is 5.32 Å². The number of rotatable bonds is 9. The minimum atomic E-state index is -1.17. The van der Waals surface area contributed by atoms with Gasteiger partial charge in [0.15, 0.2) is 0 Å². The third-order valence-corrected chi connectivity index (χ3v) is 6.14. The smallest absolute Gasteiger partial charge is 0.549 e. The monoisotopic (exact) mass is 533 g/mol. The van der Waals surface area contributed by atoms with E-state index < -0.39 is 11.9 Å². The number of hydrogen-bond acceptors (Lipinski definition) is 7. The first kappa shape index (κ1) is 28.7. The molecule has 0 aliphatic carbocycles. The first-order chi connectivity index (χ1) is 17.4. The quantitative estimate of drug-likeness (QED) is 0.404. The second-order valence-electron chi connectivity index (χ2n) is 8.18. The number of fused-ring (bicyclic) bond motifs is 1. The summed E-state index contributed by atoms with van der Waals surface area (Å²) >= 11 is 6.33. The van der Waals surface area contributed by atoms with Gasteiger partial charge in [-0.1, -0.05) is 11.6 Å². The molecule has 3 aromatic carbocycles. The molecule has 37 heavy (non-hydrogen) atoms. The number of carboxylic acid groups (broad SMARTS) is 1. The molecule has 0 aromatic heterocycles. The van der Waals surface area contributed by atoms with Crippen molar-refractivity contribution in [2.75, 3.05) is 27.4 Å². The fourth-order valence-corrected chi connectivity index (χ4v) is 4.16. The normalized spacial score (nSPS) is 13.9. The first-order valence-corrected chi connectivity index (χ1v) is 11.7. The van der Waals surface area contributed by atoms with Crippen LogP contribution in [0.25, 0.3) is 0 Å². The molecule has 0 saturated carbocycles. The van der Waals surface area contributed by atoms with Gasteiger partial charge in [-0.3, -0.25) is 4.79 Å². The standard InChI is InChI=1S/C27H26ClNO7.Na/c1-33-19-11-16(12-20(13-19)34-2)7-9-29-26(30)17-3-5-18(6-4-17)36-25-15-24-22(14-23(25)28)21(27(31)32)8-10-35-24;/h3-6,11-15,21H,7-10H2,1-2H3,(H,29,30)(H,31,32);/q;+1/p-1. The van der Waals surface area contributed by atoms with E-state index in [2.05, 4.69) is 5.32 Å². The average molecular weight is 534 g/mol. The molecule has 0 bridgehead atoms. The van der Waals surface area contributed by atoms with Crippen molar-refractivity contribution in [2.45, 2.75) is 18.8 Å². The second-order valence-corrected chi connectivity index (χ2v) is 8.59. The molecule has 1 aliphatic rings. The van der Waals surface area contributed by atoms with Crippen LogP contribution >= 0.6 is 11.6 Å². The number of aliphatic carboxylic acids is 1. The summed E-state index contributed by atoms with van der Waals surface area (Å²) in [7, 11) is 3.18. The molecular formula is C27H25ClNNaO7. The van der Waals surface area contributed by atoms with Gasteiger partial charge in [0, 0.05) is 41.7 Å². The topological polar surface area (TPSA) is 106 Å². The van der Waals surface area contributed by atoms with E-state index in [0.29, 0.717) is 59.3 Å². The third-order valence-electron chi connectivity index (χ3n) is 5.84. The molecule has 1 amide bonds. The Hall–Kier alpha value is -2.91. The van der Waals surface area contributed by atoms with Gasteiger partial charge < -0.3 is 34.2 Å². The number of carbonyl (C=O) groups excluding carboxylic acids is 2. The number of amides is 1. The molecule has 0 saturated heterocycles. The maximum absolute atomic E-state index is 12.6. The van der Waals surface area contributed by atoms with Gasteiger partial charge in [0.2, 0.25) is 0 Å². The molecule has 1 unspecified atom stereocenters. The van der Waals surface area contributed by atoms with Crippen LogP contribution < -0.4 is 58.9 Å². The summed E-state index contributed by atoms with van der Waals surface area (Å²) in [6, 6.07) is 15.3. The number of hydrogen-bond donors (Lipinski definition) is 1. The van der Waals surface area contributed by atoms with E-state index in [0.717, 1.165) is 5.56 Å². The van der Waals surface area contributed by atoms with Gasteiger partial charge in [0.1, 0.15) is 28.7 Å². The van der Waals surface area contributed by atoms with Crippen molar-refractivity contribution in [3.8, 4) is 28.7 Å². The number of benzene rings is 3. The van der Waals surface area contributed by atoms with Crippen molar-refractivity contribution in [3.63, 3.8) is 0 Å². The number of carboxylic acids is 1. The van der Waals surface area contributed by atoms with E-state index in [4.69, 9.17) is 30.5 Å². The largest absolute Gasteiger partial charge is 1.00 e. The van der Waals surface area contributed by atoms with Gasteiger partial charge in [-0.05, 0) is 60.9 Å². The molecular weight excluding hydrogens is 509 g/mol. The molecule has 10 heteroatoms. The molecule has 1 atom stereocenters. The maximum atomic E-state index is 12.6. The summed E-state index contributed by atoms with van der Waals surface area (Å²) in [5.41, 5.74) is 1.92. The predicted octanol–water partition coefficient (Wildman–Crippen LogP) is 0.742.